The van der Waals surface area contributed by atoms with Crippen molar-refractivity contribution in [2.75, 3.05) is 39.6 Å². The number of hydrogen-bond acceptors (Lipinski definition) is 15. The van der Waals surface area contributed by atoms with Gasteiger partial charge in [-0.2, -0.15) is 0 Å². The van der Waals surface area contributed by atoms with Crippen LogP contribution in [0.1, 0.15) is 396 Å². The molecule has 0 aromatic carbocycles. The van der Waals surface area contributed by atoms with Crippen LogP contribution in [0.2, 0.25) is 0 Å². The average Bonchev–Trinajstić information content (AvgIpc) is 0.994. The molecule has 0 rings (SSSR count). The van der Waals surface area contributed by atoms with Crippen LogP contribution in [0.15, 0.2) is 0 Å². The highest BCUT2D eigenvalue weighted by atomic mass is 31.2. The van der Waals surface area contributed by atoms with Crippen LogP contribution in [0.3, 0.4) is 0 Å². The summed E-state index contributed by atoms with van der Waals surface area (Å²) in [6.07, 6.45) is 53.0. The predicted molar refractivity (Wildman–Crippen MR) is 395 cm³/mol. The number of hydrogen-bond donors (Lipinski definition) is 3. The fraction of sp³-hybridized carbons (Fsp3) is 0.949. The van der Waals surface area contributed by atoms with E-state index >= 15 is 0 Å². The number of unbranched alkanes of at least 4 members (excludes halogenated alkanes) is 39. The summed E-state index contributed by atoms with van der Waals surface area (Å²) < 4.78 is 68.5. The Labute approximate surface area is 594 Å². The van der Waals surface area contributed by atoms with E-state index in [4.69, 9.17) is 37.0 Å². The lowest BCUT2D eigenvalue weighted by Gasteiger charge is -2.21. The second kappa shape index (κ2) is 67.2. The minimum Gasteiger partial charge on any atom is -0.462 e. The van der Waals surface area contributed by atoms with E-state index in [2.05, 4.69) is 55.4 Å². The minimum atomic E-state index is -4.96. The second-order valence-electron chi connectivity index (χ2n) is 29.5. The summed E-state index contributed by atoms with van der Waals surface area (Å²) in [5.74, 6) is 0.945. The van der Waals surface area contributed by atoms with Crippen LogP contribution < -0.4 is 0 Å². The summed E-state index contributed by atoms with van der Waals surface area (Å²) in [6.45, 7) is 14.2. The van der Waals surface area contributed by atoms with Gasteiger partial charge in [0.1, 0.15) is 19.3 Å². The zero-order valence-electron chi connectivity index (χ0n) is 63.7. The van der Waals surface area contributed by atoms with Gasteiger partial charge in [-0.25, -0.2) is 9.13 Å². The molecule has 0 amide bonds. The van der Waals surface area contributed by atoms with Gasteiger partial charge in [0.15, 0.2) is 12.2 Å². The number of aliphatic hydroxyl groups excluding tert-OH is 1. The van der Waals surface area contributed by atoms with Crippen LogP contribution in [0.4, 0.5) is 0 Å². The van der Waals surface area contributed by atoms with Gasteiger partial charge in [0.25, 0.3) is 0 Å². The van der Waals surface area contributed by atoms with E-state index in [1.54, 1.807) is 0 Å². The predicted octanol–water partition coefficient (Wildman–Crippen LogP) is 22.8. The number of aliphatic hydroxyl groups is 1. The third kappa shape index (κ3) is 69.5. The Morgan fingerprint density at radius 3 is 0.732 bits per heavy atom. The molecule has 0 aliphatic rings. The maximum absolute atomic E-state index is 13.1. The van der Waals surface area contributed by atoms with Crippen LogP contribution in [-0.4, -0.2) is 96.7 Å². The fourth-order valence-corrected chi connectivity index (χ4v) is 13.4. The third-order valence-corrected chi connectivity index (χ3v) is 20.7. The Morgan fingerprint density at radius 1 is 0.289 bits per heavy atom. The largest absolute Gasteiger partial charge is 0.472 e. The zero-order valence-corrected chi connectivity index (χ0v) is 65.5. The summed E-state index contributed by atoms with van der Waals surface area (Å²) in [5.41, 5.74) is 0. The topological polar surface area (TPSA) is 237 Å². The van der Waals surface area contributed by atoms with Crippen molar-refractivity contribution in [3.8, 4) is 0 Å². The number of phosphoric acid groups is 2. The van der Waals surface area contributed by atoms with Crippen molar-refractivity contribution in [3.05, 3.63) is 0 Å². The molecule has 19 heteroatoms. The van der Waals surface area contributed by atoms with E-state index in [1.807, 2.05) is 0 Å². The number of phosphoric ester groups is 2. The van der Waals surface area contributed by atoms with Crippen molar-refractivity contribution in [2.24, 2.45) is 23.7 Å². The number of carbonyl (C=O) groups is 4. The van der Waals surface area contributed by atoms with Crippen LogP contribution in [0.25, 0.3) is 0 Å². The molecule has 0 aromatic rings. The van der Waals surface area contributed by atoms with Crippen molar-refractivity contribution >= 4 is 39.5 Å². The smallest absolute Gasteiger partial charge is 0.462 e. The van der Waals surface area contributed by atoms with Gasteiger partial charge < -0.3 is 33.8 Å². The number of rotatable bonds is 75. The molecule has 0 radical (unpaired) electrons. The first-order chi connectivity index (χ1) is 46.7. The van der Waals surface area contributed by atoms with E-state index in [0.717, 1.165) is 120 Å². The highest BCUT2D eigenvalue weighted by Gasteiger charge is 2.30. The van der Waals surface area contributed by atoms with Gasteiger partial charge in [0.05, 0.1) is 26.4 Å². The number of carbonyl (C=O) groups excluding carboxylic acids is 4. The minimum absolute atomic E-state index is 0.106. The molecule has 0 saturated heterocycles. The maximum Gasteiger partial charge on any atom is 0.472 e. The lowest BCUT2D eigenvalue weighted by Crippen LogP contribution is -2.30. The molecular formula is C78H152O17P2. The number of esters is 4. The van der Waals surface area contributed by atoms with E-state index < -0.39 is 97.5 Å². The Morgan fingerprint density at radius 2 is 0.495 bits per heavy atom. The van der Waals surface area contributed by atoms with Gasteiger partial charge in [0, 0.05) is 25.7 Å². The van der Waals surface area contributed by atoms with Crippen molar-refractivity contribution in [2.45, 2.75) is 414 Å². The van der Waals surface area contributed by atoms with Crippen molar-refractivity contribution in [1.29, 1.82) is 0 Å². The van der Waals surface area contributed by atoms with Gasteiger partial charge in [-0.05, 0) is 49.4 Å². The fourth-order valence-electron chi connectivity index (χ4n) is 11.8. The highest BCUT2D eigenvalue weighted by molar-refractivity contribution is 7.47. The van der Waals surface area contributed by atoms with Crippen LogP contribution in [-0.2, 0) is 65.4 Å². The lowest BCUT2D eigenvalue weighted by molar-refractivity contribution is -0.161. The van der Waals surface area contributed by atoms with Crippen LogP contribution >= 0.6 is 15.6 Å². The molecule has 0 heterocycles. The van der Waals surface area contributed by atoms with E-state index in [9.17, 15) is 43.2 Å². The van der Waals surface area contributed by atoms with Crippen LogP contribution in [0.5, 0.6) is 0 Å². The monoisotopic (exact) mass is 1420 g/mol. The molecule has 7 atom stereocenters. The molecule has 0 aliphatic carbocycles. The second-order valence-corrected chi connectivity index (χ2v) is 32.4. The van der Waals surface area contributed by atoms with Crippen molar-refractivity contribution in [1.82, 2.24) is 0 Å². The first-order valence-electron chi connectivity index (χ1n) is 40.3. The molecule has 0 bridgehead atoms. The molecular weight excluding hydrogens is 1270 g/mol. The van der Waals surface area contributed by atoms with Crippen LogP contribution in [0, 0.1) is 23.7 Å². The first kappa shape index (κ1) is 95.1. The Balaban J connectivity index is 5.15. The molecule has 0 fully saturated rings. The molecule has 4 unspecified atom stereocenters. The van der Waals surface area contributed by atoms with Gasteiger partial charge in [-0.15, -0.1) is 0 Å². The van der Waals surface area contributed by atoms with E-state index in [0.29, 0.717) is 31.6 Å². The van der Waals surface area contributed by atoms with Crippen molar-refractivity contribution in [3.63, 3.8) is 0 Å². The quantitative estimate of drug-likeness (QED) is 0.0222. The summed E-state index contributed by atoms with van der Waals surface area (Å²) in [4.78, 5) is 72.8. The summed E-state index contributed by atoms with van der Waals surface area (Å²) in [6, 6.07) is 0. The molecule has 0 saturated carbocycles. The summed E-state index contributed by atoms with van der Waals surface area (Å²) in [5, 5.41) is 10.6. The average molecular weight is 1420 g/mol. The van der Waals surface area contributed by atoms with E-state index in [-0.39, 0.29) is 25.7 Å². The highest BCUT2D eigenvalue weighted by Crippen LogP contribution is 2.45. The van der Waals surface area contributed by atoms with Gasteiger partial charge in [-0.1, -0.05) is 344 Å². The number of ether oxygens (including phenoxy) is 4. The molecule has 97 heavy (non-hydrogen) atoms. The summed E-state index contributed by atoms with van der Waals surface area (Å²) >= 11 is 0. The zero-order chi connectivity index (χ0) is 71.7. The lowest BCUT2D eigenvalue weighted by atomic mass is 9.99. The third-order valence-electron chi connectivity index (χ3n) is 18.8. The normalized spacial score (nSPS) is 14.6. The Hall–Kier alpha value is -1.94. The van der Waals surface area contributed by atoms with Gasteiger partial charge in [-0.3, -0.25) is 37.3 Å². The molecule has 0 spiro atoms. The molecule has 0 aromatic heterocycles. The SMILES string of the molecule is CCC(C)CCCCCCCCCCCCCCCCCCCCC(=O)O[C@H](COC(=O)CCCCCCCCC(C)CC)COP(=O)(O)OC[C@@H](O)COP(=O)(O)OC[C@@H](COC(=O)CCCCCCCCC(C)C)OC(=O)CCCCCCCCCCCCCCCC(C)C. The first-order valence-corrected chi connectivity index (χ1v) is 43.3. The van der Waals surface area contributed by atoms with Crippen molar-refractivity contribution < 1.29 is 80.2 Å². The summed E-state index contributed by atoms with van der Waals surface area (Å²) in [7, 11) is -9.91. The van der Waals surface area contributed by atoms with E-state index in [1.165, 1.54) is 186 Å². The van der Waals surface area contributed by atoms with Gasteiger partial charge in [0.2, 0.25) is 0 Å². The Bertz CT molecular complexity index is 1910. The van der Waals surface area contributed by atoms with Gasteiger partial charge >= 0.3 is 39.5 Å². The molecule has 3 N–H and O–H groups in total. The molecule has 0 aliphatic heterocycles. The Kier molecular flexibility index (Phi) is 65.9. The molecule has 17 nitrogen and oxygen atoms in total. The maximum atomic E-state index is 13.1. The standard InChI is InChI=1S/C78H152O17P2/c1-9-70(7)56-48-40-31-27-23-19-15-13-11-12-14-16-20-24-28-32-44-52-60-78(83)95-74(65-89-76(81)59-51-43-37-35-41-49-57-71(8)10-2)67-93-97(86,87)91-63-72(79)62-90-96(84,85)92-66-73(64-88-75(80)58-50-42-36-34-39-47-55-69(5)6)94-77(82)61-53-45-33-29-25-21-17-18-22-26-30-38-46-54-68(3)4/h68-74,79H,9-67H2,1-8H3,(H,84,85)(H,86,87)/t70?,71?,72-,73+,74+/m0/s1. The molecule has 576 valence electrons.